The van der Waals surface area contributed by atoms with Crippen LogP contribution in [0.2, 0.25) is 0 Å². The maximum Gasteiger partial charge on any atom is 0.152 e. The number of rotatable bonds is 4. The molecule has 2 atom stereocenters. The molecule has 1 aliphatic carbocycles. The van der Waals surface area contributed by atoms with Crippen LogP contribution < -0.4 is 5.73 Å². The Bertz CT molecular complexity index is 402. The summed E-state index contributed by atoms with van der Waals surface area (Å²) in [5, 5.41) is 0. The van der Waals surface area contributed by atoms with Crippen molar-refractivity contribution in [2.45, 2.75) is 59.4 Å². The van der Waals surface area contributed by atoms with Gasteiger partial charge in [-0.25, -0.2) is 0 Å². The molecule has 1 aliphatic rings. The first-order valence-corrected chi connectivity index (χ1v) is 7.91. The zero-order chi connectivity index (χ0) is 15.1. The van der Waals surface area contributed by atoms with E-state index < -0.39 is 0 Å². The van der Waals surface area contributed by atoms with Gasteiger partial charge in [0.05, 0.1) is 6.04 Å². The fraction of sp³-hybridized carbons (Fsp3) is 0.611. The molecule has 0 fully saturated rings. The summed E-state index contributed by atoms with van der Waals surface area (Å²) < 4.78 is 0. The van der Waals surface area contributed by atoms with E-state index in [1.807, 2.05) is 13.8 Å². The molecule has 2 heteroatoms. The lowest BCUT2D eigenvalue weighted by atomic mass is 9.87. The van der Waals surface area contributed by atoms with Gasteiger partial charge in [0.2, 0.25) is 0 Å². The van der Waals surface area contributed by atoms with Gasteiger partial charge in [-0.2, -0.15) is 0 Å². The van der Waals surface area contributed by atoms with E-state index in [9.17, 15) is 4.79 Å². The second kappa shape index (κ2) is 8.21. The van der Waals surface area contributed by atoms with Gasteiger partial charge in [-0.05, 0) is 36.3 Å². The third kappa shape index (κ3) is 4.17. The number of hydrogen-bond donors (Lipinski definition) is 1. The number of nitrogens with two attached hydrogens (primary N) is 1. The summed E-state index contributed by atoms with van der Waals surface area (Å²) in [7, 11) is 0. The second-order valence-electron chi connectivity index (χ2n) is 5.88. The van der Waals surface area contributed by atoms with E-state index in [1.54, 1.807) is 0 Å². The first-order valence-electron chi connectivity index (χ1n) is 7.91. The molecule has 1 aromatic rings. The van der Waals surface area contributed by atoms with E-state index in [4.69, 9.17) is 5.73 Å². The first kappa shape index (κ1) is 16.9. The maximum absolute atomic E-state index is 12.1. The van der Waals surface area contributed by atoms with Gasteiger partial charge in [-0.15, -0.1) is 0 Å². The Hall–Kier alpha value is -1.15. The molecule has 0 saturated carbocycles. The Morgan fingerprint density at radius 1 is 1.20 bits per heavy atom. The smallest absolute Gasteiger partial charge is 0.152 e. The fourth-order valence-electron chi connectivity index (χ4n) is 2.61. The van der Waals surface area contributed by atoms with Gasteiger partial charge in [0.25, 0.3) is 0 Å². The Morgan fingerprint density at radius 3 is 2.05 bits per heavy atom. The van der Waals surface area contributed by atoms with Gasteiger partial charge in [-0.1, -0.05) is 58.4 Å². The van der Waals surface area contributed by atoms with Crippen molar-refractivity contribution in [3.63, 3.8) is 0 Å². The number of Topliss-reactive ketones (excluding diaryl/α,β-unsaturated/α-hetero) is 1. The molecule has 0 aliphatic heterocycles. The average molecular weight is 275 g/mol. The first-order chi connectivity index (χ1) is 9.54. The van der Waals surface area contributed by atoms with Crippen LogP contribution in [0.25, 0.3) is 0 Å². The molecule has 2 N–H and O–H groups in total. The molecular weight excluding hydrogens is 246 g/mol. The minimum absolute atomic E-state index is 0.0914. The average Bonchev–Trinajstić information content (AvgIpc) is 2.89. The monoisotopic (exact) mass is 275 g/mol. The van der Waals surface area contributed by atoms with Crippen LogP contribution >= 0.6 is 0 Å². The van der Waals surface area contributed by atoms with Gasteiger partial charge in [0, 0.05) is 5.92 Å². The number of carbonyl (C=O) groups excluding carboxylic acids is 1. The van der Waals surface area contributed by atoms with Crippen LogP contribution in [0.1, 0.15) is 51.7 Å². The van der Waals surface area contributed by atoms with Gasteiger partial charge < -0.3 is 5.73 Å². The molecule has 0 amide bonds. The minimum atomic E-state index is -0.294. The fourth-order valence-corrected chi connectivity index (χ4v) is 2.61. The van der Waals surface area contributed by atoms with Crippen molar-refractivity contribution in [1.82, 2.24) is 0 Å². The molecule has 0 saturated heterocycles. The van der Waals surface area contributed by atoms with Crippen molar-refractivity contribution < 1.29 is 4.79 Å². The van der Waals surface area contributed by atoms with Gasteiger partial charge in [0.15, 0.2) is 5.78 Å². The van der Waals surface area contributed by atoms with Crippen molar-refractivity contribution in [2.24, 2.45) is 17.6 Å². The maximum atomic E-state index is 12.1. The third-order valence-corrected chi connectivity index (χ3v) is 4.02. The molecule has 1 aromatic carbocycles. The quantitative estimate of drug-likeness (QED) is 0.909. The predicted octanol–water partition coefficient (Wildman–Crippen LogP) is 3.76. The van der Waals surface area contributed by atoms with Crippen LogP contribution in [0.3, 0.4) is 0 Å². The van der Waals surface area contributed by atoms with Gasteiger partial charge in [0.1, 0.15) is 0 Å². The molecular formula is C18H29NO. The van der Waals surface area contributed by atoms with Crippen LogP contribution in [0.15, 0.2) is 24.3 Å². The molecule has 0 radical (unpaired) electrons. The molecule has 0 bridgehead atoms. The zero-order valence-electron chi connectivity index (χ0n) is 13.4. The van der Waals surface area contributed by atoms with Crippen molar-refractivity contribution in [1.29, 1.82) is 0 Å². The summed E-state index contributed by atoms with van der Waals surface area (Å²) in [4.78, 5) is 12.1. The van der Waals surface area contributed by atoms with Crippen molar-refractivity contribution in [3.8, 4) is 0 Å². The highest BCUT2D eigenvalue weighted by Gasteiger charge is 2.31. The van der Waals surface area contributed by atoms with E-state index in [2.05, 4.69) is 38.1 Å². The molecule has 2 rings (SSSR count). The summed E-state index contributed by atoms with van der Waals surface area (Å²) in [5.41, 5.74) is 8.86. The Kier molecular flexibility index (Phi) is 6.94. The van der Waals surface area contributed by atoms with Crippen LogP contribution in [0.5, 0.6) is 0 Å². The summed E-state index contributed by atoms with van der Waals surface area (Å²) in [6, 6.07) is 8.12. The molecule has 0 heterocycles. The highest BCUT2D eigenvalue weighted by Crippen LogP contribution is 2.29. The lowest BCUT2D eigenvalue weighted by Crippen LogP contribution is -2.41. The van der Waals surface area contributed by atoms with E-state index >= 15 is 0 Å². The largest absolute Gasteiger partial charge is 0.321 e. The highest BCUT2D eigenvalue weighted by atomic mass is 16.1. The van der Waals surface area contributed by atoms with E-state index in [-0.39, 0.29) is 17.7 Å². The van der Waals surface area contributed by atoms with Crippen molar-refractivity contribution in [2.75, 3.05) is 0 Å². The normalized spacial score (nSPS) is 16.9. The summed E-state index contributed by atoms with van der Waals surface area (Å²) in [6.45, 7) is 8.27. The van der Waals surface area contributed by atoms with Crippen LogP contribution in [-0.4, -0.2) is 11.8 Å². The number of carbonyl (C=O) groups is 1. The summed E-state index contributed by atoms with van der Waals surface area (Å²) >= 11 is 0. The molecule has 20 heavy (non-hydrogen) atoms. The van der Waals surface area contributed by atoms with Crippen LogP contribution in [-0.2, 0) is 17.6 Å². The predicted molar refractivity (Wildman–Crippen MR) is 85.7 cm³/mol. The molecule has 2 unspecified atom stereocenters. The Labute approximate surface area is 123 Å². The Balaban J connectivity index is 0.000000612. The van der Waals surface area contributed by atoms with E-state index in [0.717, 1.165) is 19.3 Å². The van der Waals surface area contributed by atoms with Crippen molar-refractivity contribution >= 4 is 5.78 Å². The van der Waals surface area contributed by atoms with Crippen molar-refractivity contribution in [3.05, 3.63) is 35.4 Å². The molecule has 2 nitrogen and oxygen atoms in total. The zero-order valence-corrected chi connectivity index (χ0v) is 13.4. The lowest BCUT2D eigenvalue weighted by Gasteiger charge is -2.20. The lowest BCUT2D eigenvalue weighted by molar-refractivity contribution is -0.124. The van der Waals surface area contributed by atoms with Crippen LogP contribution in [0.4, 0.5) is 0 Å². The SMILES string of the molecule is CCC.CCC(C)C(=O)C(N)C1Cc2ccccc2C1. The standard InChI is InChI=1S/C15H21NO.C3H8/c1-3-10(2)15(17)14(16)13-8-11-6-4-5-7-12(11)9-13;1-3-2/h4-7,10,13-14H,3,8-9,16H2,1-2H3;3H2,1-2H3. The van der Waals surface area contributed by atoms with Crippen LogP contribution in [0, 0.1) is 11.8 Å². The van der Waals surface area contributed by atoms with Gasteiger partial charge in [-0.3, -0.25) is 4.79 Å². The molecule has 0 aromatic heterocycles. The van der Waals surface area contributed by atoms with E-state index in [0.29, 0.717) is 5.92 Å². The Morgan fingerprint density at radius 2 is 1.65 bits per heavy atom. The third-order valence-electron chi connectivity index (χ3n) is 4.02. The second-order valence-corrected chi connectivity index (χ2v) is 5.88. The van der Waals surface area contributed by atoms with E-state index in [1.165, 1.54) is 17.5 Å². The molecule has 0 spiro atoms. The number of benzene rings is 1. The topological polar surface area (TPSA) is 43.1 Å². The minimum Gasteiger partial charge on any atom is -0.321 e. The summed E-state index contributed by atoms with van der Waals surface area (Å²) in [6.07, 6.45) is 4.05. The highest BCUT2D eigenvalue weighted by molar-refractivity contribution is 5.86. The number of fused-ring (bicyclic) bond motifs is 1. The number of ketones is 1. The molecule has 112 valence electrons. The number of hydrogen-bond acceptors (Lipinski definition) is 2. The van der Waals surface area contributed by atoms with Gasteiger partial charge >= 0.3 is 0 Å². The summed E-state index contributed by atoms with van der Waals surface area (Å²) in [5.74, 6) is 0.618.